The van der Waals surface area contributed by atoms with Crippen LogP contribution in [-0.2, 0) is 9.84 Å². The van der Waals surface area contributed by atoms with Gasteiger partial charge in [0.1, 0.15) is 0 Å². The fraction of sp³-hybridized carbons (Fsp3) is 0.167. The van der Waals surface area contributed by atoms with Gasteiger partial charge < -0.3 is 0 Å². The molecule has 0 spiro atoms. The van der Waals surface area contributed by atoms with Gasteiger partial charge in [0.05, 0.1) is 22.8 Å². The van der Waals surface area contributed by atoms with Gasteiger partial charge in [0.2, 0.25) is 0 Å². The monoisotopic (exact) mass is 278 g/mol. The van der Waals surface area contributed by atoms with Crippen molar-refractivity contribution in [2.45, 2.75) is 10.9 Å². The number of rotatable bonds is 4. The van der Waals surface area contributed by atoms with Crippen molar-refractivity contribution in [3.8, 4) is 0 Å². The number of sulfone groups is 1. The summed E-state index contributed by atoms with van der Waals surface area (Å²) in [6.45, 7) is 0. The summed E-state index contributed by atoms with van der Waals surface area (Å²) in [5, 5.41) is 0. The molecule has 1 heterocycles. The third-order valence-electron chi connectivity index (χ3n) is 2.69. The Kier molecular flexibility index (Phi) is 3.89. The number of nitrogens with two attached hydrogens (primary N) is 1. The first-order valence-electron chi connectivity index (χ1n) is 5.54. The maximum Gasteiger partial charge on any atom is 0.175 e. The molecule has 100 valence electrons. The summed E-state index contributed by atoms with van der Waals surface area (Å²) in [5.74, 6) is 5.52. The molecule has 0 fully saturated rings. The lowest BCUT2D eigenvalue weighted by molar-refractivity contribution is 0.601. The minimum Gasteiger partial charge on any atom is -0.271 e. The summed E-state index contributed by atoms with van der Waals surface area (Å²) < 4.78 is 22.8. The molecule has 0 saturated carbocycles. The Morgan fingerprint density at radius 2 is 1.89 bits per heavy atom. The molecule has 0 amide bonds. The molecule has 2 aromatic rings. The molecule has 2 rings (SSSR count). The van der Waals surface area contributed by atoms with E-state index in [0.29, 0.717) is 5.69 Å². The second-order valence-corrected chi connectivity index (χ2v) is 6.09. The third kappa shape index (κ3) is 3.14. The lowest BCUT2D eigenvalue weighted by Gasteiger charge is -2.15. The van der Waals surface area contributed by atoms with Crippen LogP contribution in [0.5, 0.6) is 0 Å². The van der Waals surface area contributed by atoms with Crippen molar-refractivity contribution in [2.75, 3.05) is 6.26 Å². The van der Waals surface area contributed by atoms with Gasteiger partial charge in [-0.15, -0.1) is 0 Å². The molecule has 6 nitrogen and oxygen atoms in total. The van der Waals surface area contributed by atoms with Crippen molar-refractivity contribution in [3.05, 3.63) is 54.1 Å². The average molecular weight is 278 g/mol. The maximum atomic E-state index is 11.4. The van der Waals surface area contributed by atoms with Crippen LogP contribution in [0.3, 0.4) is 0 Å². The lowest BCUT2D eigenvalue weighted by atomic mass is 10.1. The van der Waals surface area contributed by atoms with Crippen LogP contribution in [-0.4, -0.2) is 24.6 Å². The van der Waals surface area contributed by atoms with Crippen LogP contribution in [0.15, 0.2) is 47.8 Å². The van der Waals surface area contributed by atoms with Crippen LogP contribution < -0.4 is 11.3 Å². The van der Waals surface area contributed by atoms with E-state index in [0.717, 1.165) is 5.56 Å². The Morgan fingerprint density at radius 1 is 1.21 bits per heavy atom. The van der Waals surface area contributed by atoms with E-state index in [1.807, 2.05) is 0 Å². The Bertz CT molecular complexity index is 641. The van der Waals surface area contributed by atoms with E-state index in [1.54, 1.807) is 42.9 Å². The highest BCUT2D eigenvalue weighted by Crippen LogP contribution is 2.20. The normalized spacial score (nSPS) is 13.2. The molecule has 3 N–H and O–H groups in total. The molecule has 0 aliphatic carbocycles. The van der Waals surface area contributed by atoms with Crippen LogP contribution in [0.4, 0.5) is 0 Å². The van der Waals surface area contributed by atoms with Gasteiger partial charge >= 0.3 is 0 Å². The fourth-order valence-electron chi connectivity index (χ4n) is 1.72. The predicted molar refractivity (Wildman–Crippen MR) is 70.7 cm³/mol. The van der Waals surface area contributed by atoms with E-state index in [1.165, 1.54) is 6.26 Å². The van der Waals surface area contributed by atoms with Crippen molar-refractivity contribution < 1.29 is 8.42 Å². The highest BCUT2D eigenvalue weighted by molar-refractivity contribution is 7.90. The van der Waals surface area contributed by atoms with E-state index in [2.05, 4.69) is 15.4 Å². The molecule has 0 saturated heterocycles. The van der Waals surface area contributed by atoms with Gasteiger partial charge in [-0.05, 0) is 17.7 Å². The van der Waals surface area contributed by atoms with Gasteiger partial charge in [-0.25, -0.2) is 13.8 Å². The smallest absolute Gasteiger partial charge is 0.175 e. The molecule has 0 radical (unpaired) electrons. The first-order chi connectivity index (χ1) is 9.02. The predicted octanol–water partition coefficient (Wildman–Crippen LogP) is 0.433. The highest BCUT2D eigenvalue weighted by atomic mass is 32.2. The minimum absolute atomic E-state index is 0.270. The molecule has 7 heteroatoms. The molecule has 0 aliphatic heterocycles. The van der Waals surface area contributed by atoms with Gasteiger partial charge in [-0.1, -0.05) is 12.1 Å². The van der Waals surface area contributed by atoms with Gasteiger partial charge in [0.15, 0.2) is 9.84 Å². The van der Waals surface area contributed by atoms with Gasteiger partial charge in [0, 0.05) is 18.6 Å². The van der Waals surface area contributed by atoms with Gasteiger partial charge in [0.25, 0.3) is 0 Å². The third-order valence-corrected chi connectivity index (χ3v) is 3.82. The number of benzene rings is 1. The van der Waals surface area contributed by atoms with Crippen LogP contribution in [0.25, 0.3) is 0 Å². The van der Waals surface area contributed by atoms with Crippen LogP contribution >= 0.6 is 0 Å². The number of hydrazine groups is 1. The molecule has 1 atom stereocenters. The Morgan fingerprint density at radius 3 is 2.37 bits per heavy atom. The molecule has 1 unspecified atom stereocenters. The van der Waals surface area contributed by atoms with E-state index >= 15 is 0 Å². The van der Waals surface area contributed by atoms with Crippen molar-refractivity contribution in [1.82, 2.24) is 15.4 Å². The van der Waals surface area contributed by atoms with Gasteiger partial charge in [-0.2, -0.15) is 0 Å². The van der Waals surface area contributed by atoms with Crippen LogP contribution in [0.1, 0.15) is 17.3 Å². The molecular weight excluding hydrogens is 264 g/mol. The minimum atomic E-state index is -3.20. The van der Waals surface area contributed by atoms with Crippen molar-refractivity contribution in [1.29, 1.82) is 0 Å². The number of nitrogens with zero attached hydrogens (tertiary/aromatic N) is 2. The van der Waals surface area contributed by atoms with E-state index < -0.39 is 9.84 Å². The number of nitrogens with one attached hydrogen (secondary N) is 1. The topological polar surface area (TPSA) is 98.0 Å². The number of aromatic nitrogens is 2. The quantitative estimate of drug-likeness (QED) is 0.622. The molecule has 19 heavy (non-hydrogen) atoms. The molecule has 0 aliphatic rings. The molecule has 1 aromatic heterocycles. The summed E-state index contributed by atoms with van der Waals surface area (Å²) >= 11 is 0. The molecule has 0 bridgehead atoms. The van der Waals surface area contributed by atoms with Crippen LogP contribution in [0.2, 0.25) is 0 Å². The summed E-state index contributed by atoms with van der Waals surface area (Å²) in [6.07, 6.45) is 5.92. The Labute approximate surface area is 111 Å². The van der Waals surface area contributed by atoms with E-state index in [-0.39, 0.29) is 10.9 Å². The highest BCUT2D eigenvalue weighted by Gasteiger charge is 2.15. The summed E-state index contributed by atoms with van der Waals surface area (Å²) in [7, 11) is -3.20. The summed E-state index contributed by atoms with van der Waals surface area (Å²) in [5.41, 5.74) is 4.12. The van der Waals surface area contributed by atoms with E-state index in [9.17, 15) is 8.42 Å². The van der Waals surface area contributed by atoms with Crippen molar-refractivity contribution in [3.63, 3.8) is 0 Å². The zero-order valence-corrected chi connectivity index (χ0v) is 11.1. The second kappa shape index (κ2) is 5.43. The zero-order chi connectivity index (χ0) is 13.9. The van der Waals surface area contributed by atoms with E-state index in [4.69, 9.17) is 5.84 Å². The maximum absolute atomic E-state index is 11.4. The standard InChI is InChI=1S/C12H14N4O2S/c1-19(17,18)10-4-2-9(3-5-10)12(16-13)11-8-14-6-7-15-11/h2-8,12,16H,13H2,1H3. The largest absolute Gasteiger partial charge is 0.271 e. The number of hydrogen-bond acceptors (Lipinski definition) is 6. The summed E-state index contributed by atoms with van der Waals surface area (Å²) in [4.78, 5) is 8.43. The number of hydrogen-bond donors (Lipinski definition) is 2. The Balaban J connectivity index is 2.35. The fourth-order valence-corrected chi connectivity index (χ4v) is 2.35. The SMILES string of the molecule is CS(=O)(=O)c1ccc(C(NN)c2cnccn2)cc1. The Hall–Kier alpha value is -1.83. The first kappa shape index (κ1) is 13.6. The first-order valence-corrected chi connectivity index (χ1v) is 7.43. The summed E-state index contributed by atoms with van der Waals surface area (Å²) in [6, 6.07) is 6.17. The average Bonchev–Trinajstić information content (AvgIpc) is 2.40. The van der Waals surface area contributed by atoms with Crippen LogP contribution in [0, 0.1) is 0 Å². The molecule has 1 aromatic carbocycles. The van der Waals surface area contributed by atoms with Crippen molar-refractivity contribution in [2.24, 2.45) is 5.84 Å². The lowest BCUT2D eigenvalue weighted by Crippen LogP contribution is -2.29. The second-order valence-electron chi connectivity index (χ2n) is 4.07. The van der Waals surface area contributed by atoms with Gasteiger partial charge in [-0.3, -0.25) is 15.8 Å². The molecular formula is C12H14N4O2S. The van der Waals surface area contributed by atoms with Crippen molar-refractivity contribution >= 4 is 9.84 Å². The zero-order valence-electron chi connectivity index (χ0n) is 10.3.